The lowest BCUT2D eigenvalue weighted by atomic mass is 10.1. The van der Waals surface area contributed by atoms with Gasteiger partial charge in [0.25, 0.3) is 5.91 Å². The summed E-state index contributed by atoms with van der Waals surface area (Å²) in [7, 11) is 1.57. The zero-order valence-electron chi connectivity index (χ0n) is 11.4. The van der Waals surface area contributed by atoms with Crippen molar-refractivity contribution in [1.82, 2.24) is 10.3 Å². The lowest BCUT2D eigenvalue weighted by molar-refractivity contribution is 0.0911. The van der Waals surface area contributed by atoms with Crippen LogP contribution in [0.2, 0.25) is 5.02 Å². The van der Waals surface area contributed by atoms with Crippen LogP contribution in [-0.4, -0.2) is 29.7 Å². The SMILES string of the molecule is COc1ccc(C(O)CNC(=O)c2ccc(Cl)cn2)cc1. The maximum absolute atomic E-state index is 11.8. The lowest BCUT2D eigenvalue weighted by Gasteiger charge is -2.12. The van der Waals surface area contributed by atoms with Gasteiger partial charge >= 0.3 is 0 Å². The number of aliphatic hydroxyl groups excluding tert-OH is 1. The molecule has 0 bridgehead atoms. The van der Waals surface area contributed by atoms with E-state index in [-0.39, 0.29) is 18.1 Å². The van der Waals surface area contributed by atoms with E-state index in [4.69, 9.17) is 16.3 Å². The predicted molar refractivity (Wildman–Crippen MR) is 79.5 cm³/mol. The maximum atomic E-state index is 11.8. The number of hydrogen-bond acceptors (Lipinski definition) is 4. The van der Waals surface area contributed by atoms with Crippen LogP contribution in [-0.2, 0) is 0 Å². The van der Waals surface area contributed by atoms with Gasteiger partial charge in [-0.15, -0.1) is 0 Å². The Kier molecular flexibility index (Phi) is 5.14. The van der Waals surface area contributed by atoms with Crippen molar-refractivity contribution in [3.8, 4) is 5.75 Å². The van der Waals surface area contributed by atoms with Crippen molar-refractivity contribution in [2.75, 3.05) is 13.7 Å². The van der Waals surface area contributed by atoms with E-state index in [0.29, 0.717) is 16.3 Å². The summed E-state index contributed by atoms with van der Waals surface area (Å²) in [6.45, 7) is 0.0927. The van der Waals surface area contributed by atoms with E-state index >= 15 is 0 Å². The number of aliphatic hydroxyl groups is 1. The Hall–Kier alpha value is -2.11. The van der Waals surface area contributed by atoms with Crippen LogP contribution in [0.5, 0.6) is 5.75 Å². The first-order chi connectivity index (χ1) is 10.1. The van der Waals surface area contributed by atoms with Gasteiger partial charge in [-0.1, -0.05) is 23.7 Å². The number of nitrogens with zero attached hydrogens (tertiary/aromatic N) is 1. The van der Waals surface area contributed by atoms with E-state index in [1.807, 2.05) is 0 Å². The highest BCUT2D eigenvalue weighted by molar-refractivity contribution is 6.30. The Bertz CT molecular complexity index is 599. The molecule has 21 heavy (non-hydrogen) atoms. The molecule has 0 aliphatic rings. The molecule has 1 amide bonds. The van der Waals surface area contributed by atoms with Crippen LogP contribution in [0, 0.1) is 0 Å². The maximum Gasteiger partial charge on any atom is 0.269 e. The van der Waals surface area contributed by atoms with E-state index in [1.54, 1.807) is 37.4 Å². The Morgan fingerprint density at radius 2 is 2.05 bits per heavy atom. The molecule has 0 saturated carbocycles. The number of amides is 1. The van der Waals surface area contributed by atoms with Crippen LogP contribution in [0.4, 0.5) is 0 Å². The summed E-state index contributed by atoms with van der Waals surface area (Å²) in [4.78, 5) is 15.8. The quantitative estimate of drug-likeness (QED) is 0.888. The summed E-state index contributed by atoms with van der Waals surface area (Å²) >= 11 is 5.70. The van der Waals surface area contributed by atoms with Gasteiger partial charge in [-0.05, 0) is 29.8 Å². The summed E-state index contributed by atoms with van der Waals surface area (Å²) < 4.78 is 5.04. The van der Waals surface area contributed by atoms with E-state index in [2.05, 4.69) is 10.3 Å². The van der Waals surface area contributed by atoms with Crippen molar-refractivity contribution >= 4 is 17.5 Å². The normalized spacial score (nSPS) is 11.8. The molecule has 1 aromatic carbocycles. The molecule has 2 N–H and O–H groups in total. The first-order valence-electron chi connectivity index (χ1n) is 6.32. The Balaban J connectivity index is 1.92. The van der Waals surface area contributed by atoms with E-state index in [1.165, 1.54) is 12.3 Å². The van der Waals surface area contributed by atoms with Crippen LogP contribution in [0.1, 0.15) is 22.2 Å². The van der Waals surface area contributed by atoms with Gasteiger partial charge in [0.2, 0.25) is 0 Å². The van der Waals surface area contributed by atoms with Gasteiger partial charge < -0.3 is 15.2 Å². The third-order valence-corrected chi connectivity index (χ3v) is 3.14. The summed E-state index contributed by atoms with van der Waals surface area (Å²) in [5, 5.41) is 13.1. The third kappa shape index (κ3) is 4.18. The summed E-state index contributed by atoms with van der Waals surface area (Å²) in [6, 6.07) is 10.1. The third-order valence-electron chi connectivity index (χ3n) is 2.92. The van der Waals surface area contributed by atoms with Gasteiger partial charge in [0.1, 0.15) is 11.4 Å². The standard InChI is InChI=1S/C15H15ClN2O3/c1-21-12-5-2-10(3-6-12)14(19)9-18-15(20)13-7-4-11(16)8-17-13/h2-8,14,19H,9H2,1H3,(H,18,20). The molecule has 6 heteroatoms. The molecule has 2 rings (SSSR count). The summed E-state index contributed by atoms with van der Waals surface area (Å²) in [5.74, 6) is 0.347. The molecule has 1 heterocycles. The van der Waals surface area contributed by atoms with Gasteiger partial charge in [0, 0.05) is 12.7 Å². The van der Waals surface area contributed by atoms with E-state index < -0.39 is 6.10 Å². The summed E-state index contributed by atoms with van der Waals surface area (Å²) in [5.41, 5.74) is 0.946. The number of ether oxygens (including phenoxy) is 1. The van der Waals surface area contributed by atoms with Crippen LogP contribution >= 0.6 is 11.6 Å². The first kappa shape index (κ1) is 15.3. The minimum atomic E-state index is -0.799. The first-order valence-corrected chi connectivity index (χ1v) is 6.69. The molecule has 0 spiro atoms. The summed E-state index contributed by atoms with van der Waals surface area (Å²) in [6.07, 6.45) is 0.600. The van der Waals surface area contributed by atoms with E-state index in [9.17, 15) is 9.90 Å². The molecule has 0 aliphatic heterocycles. The average Bonchev–Trinajstić information content (AvgIpc) is 2.53. The molecule has 1 aromatic heterocycles. The number of hydrogen-bond donors (Lipinski definition) is 2. The van der Waals surface area contributed by atoms with Gasteiger partial charge in [0.05, 0.1) is 18.2 Å². The number of rotatable bonds is 5. The van der Waals surface area contributed by atoms with Crippen molar-refractivity contribution in [3.05, 3.63) is 58.9 Å². The van der Waals surface area contributed by atoms with E-state index in [0.717, 1.165) is 0 Å². The number of methoxy groups -OCH3 is 1. The molecule has 0 saturated heterocycles. The number of benzene rings is 1. The Labute approximate surface area is 127 Å². The zero-order valence-corrected chi connectivity index (χ0v) is 12.2. The minimum Gasteiger partial charge on any atom is -0.497 e. The fraction of sp³-hybridized carbons (Fsp3) is 0.200. The number of pyridine rings is 1. The second kappa shape index (κ2) is 7.06. The van der Waals surface area contributed by atoms with Gasteiger partial charge in [0.15, 0.2) is 0 Å². The Morgan fingerprint density at radius 1 is 1.33 bits per heavy atom. The molecule has 5 nitrogen and oxygen atoms in total. The number of carbonyl (C=O) groups is 1. The van der Waals surface area contributed by atoms with Crippen molar-refractivity contribution in [1.29, 1.82) is 0 Å². The molecule has 0 fully saturated rings. The van der Waals surface area contributed by atoms with Gasteiger partial charge in [-0.2, -0.15) is 0 Å². The Morgan fingerprint density at radius 3 is 2.62 bits per heavy atom. The second-order valence-electron chi connectivity index (χ2n) is 4.36. The number of halogens is 1. The minimum absolute atomic E-state index is 0.0927. The van der Waals surface area contributed by atoms with Crippen LogP contribution in [0.3, 0.4) is 0 Å². The molecule has 1 atom stereocenters. The molecular weight excluding hydrogens is 292 g/mol. The van der Waals surface area contributed by atoms with Crippen LogP contribution in [0.25, 0.3) is 0 Å². The number of aromatic nitrogens is 1. The predicted octanol–water partition coefficient (Wildman–Crippen LogP) is 2.21. The monoisotopic (exact) mass is 306 g/mol. The highest BCUT2D eigenvalue weighted by Crippen LogP contribution is 2.17. The molecule has 2 aromatic rings. The smallest absolute Gasteiger partial charge is 0.269 e. The molecular formula is C15H15ClN2O3. The topological polar surface area (TPSA) is 71.5 Å². The average molecular weight is 307 g/mol. The molecule has 0 aliphatic carbocycles. The van der Waals surface area contributed by atoms with Crippen molar-refractivity contribution in [2.45, 2.75) is 6.10 Å². The largest absolute Gasteiger partial charge is 0.497 e. The highest BCUT2D eigenvalue weighted by Gasteiger charge is 2.11. The van der Waals surface area contributed by atoms with Crippen molar-refractivity contribution in [3.63, 3.8) is 0 Å². The highest BCUT2D eigenvalue weighted by atomic mass is 35.5. The van der Waals surface area contributed by atoms with Gasteiger partial charge in [-0.3, -0.25) is 4.79 Å². The van der Waals surface area contributed by atoms with Crippen molar-refractivity contribution in [2.24, 2.45) is 0 Å². The fourth-order valence-corrected chi connectivity index (χ4v) is 1.85. The fourth-order valence-electron chi connectivity index (χ4n) is 1.73. The molecule has 1 unspecified atom stereocenters. The van der Waals surface area contributed by atoms with Gasteiger partial charge in [-0.25, -0.2) is 4.98 Å². The van der Waals surface area contributed by atoms with Crippen LogP contribution < -0.4 is 10.1 Å². The zero-order chi connectivity index (χ0) is 15.2. The number of nitrogens with one attached hydrogen (secondary N) is 1. The molecule has 0 radical (unpaired) electrons. The number of carbonyl (C=O) groups excluding carboxylic acids is 1. The second-order valence-corrected chi connectivity index (χ2v) is 4.80. The molecule has 110 valence electrons. The lowest BCUT2D eigenvalue weighted by Crippen LogP contribution is -2.29. The van der Waals surface area contributed by atoms with Crippen molar-refractivity contribution < 1.29 is 14.6 Å². The van der Waals surface area contributed by atoms with Crippen LogP contribution in [0.15, 0.2) is 42.6 Å².